The first kappa shape index (κ1) is 17.9. The molecule has 1 heterocycles. The predicted octanol–water partition coefficient (Wildman–Crippen LogP) is 5.89. The van der Waals surface area contributed by atoms with Gasteiger partial charge in [0.15, 0.2) is 0 Å². The first-order chi connectivity index (χ1) is 11.9. The Labute approximate surface area is 153 Å². The summed E-state index contributed by atoms with van der Waals surface area (Å²) in [7, 11) is 0. The molecule has 0 aliphatic heterocycles. The molecule has 0 saturated heterocycles. The van der Waals surface area contributed by atoms with Crippen LogP contribution in [0.15, 0.2) is 30.3 Å². The Morgan fingerprint density at radius 3 is 2.72 bits per heavy atom. The minimum atomic E-state index is -0.277. The average Bonchev–Trinajstić information content (AvgIpc) is 3.00. The Kier molecular flexibility index (Phi) is 5.09. The van der Waals surface area contributed by atoms with Gasteiger partial charge in [0.25, 0.3) is 0 Å². The van der Waals surface area contributed by atoms with Gasteiger partial charge in [0.2, 0.25) is 0 Å². The van der Waals surface area contributed by atoms with Crippen LogP contribution < -0.4 is 0 Å². The van der Waals surface area contributed by atoms with Crippen molar-refractivity contribution < 1.29 is 9.53 Å². The Bertz CT molecular complexity index is 817. The fourth-order valence-corrected chi connectivity index (χ4v) is 4.13. The second-order valence-corrected chi connectivity index (χ2v) is 8.33. The third kappa shape index (κ3) is 3.84. The molecule has 0 N–H and O–H groups in total. The molecule has 132 valence electrons. The highest BCUT2D eigenvalue weighted by atomic mass is 32.1. The maximum absolute atomic E-state index is 12.5. The van der Waals surface area contributed by atoms with E-state index in [1.165, 1.54) is 16.9 Å². The van der Waals surface area contributed by atoms with Crippen molar-refractivity contribution in [3.63, 3.8) is 0 Å². The molecule has 1 aromatic heterocycles. The highest BCUT2D eigenvalue weighted by Gasteiger charge is 2.26. The second-order valence-electron chi connectivity index (χ2n) is 7.33. The number of rotatable bonds is 4. The van der Waals surface area contributed by atoms with Crippen LogP contribution in [-0.2, 0) is 4.74 Å². The fourth-order valence-electron chi connectivity index (χ4n) is 3.08. The van der Waals surface area contributed by atoms with Crippen LogP contribution >= 0.6 is 11.3 Å². The number of aromatic nitrogens is 1. The molecular weight excluding hydrogens is 330 g/mol. The molecular formula is C21H25NO2S. The van der Waals surface area contributed by atoms with E-state index in [9.17, 15) is 4.79 Å². The molecule has 4 heteroatoms. The highest BCUT2D eigenvalue weighted by Crippen LogP contribution is 2.41. The van der Waals surface area contributed by atoms with Gasteiger partial charge < -0.3 is 4.74 Å². The Hall–Kier alpha value is -1.94. The molecule has 1 aliphatic carbocycles. The zero-order chi connectivity index (χ0) is 18.0. The van der Waals surface area contributed by atoms with Crippen LogP contribution in [0.1, 0.15) is 60.3 Å². The van der Waals surface area contributed by atoms with Gasteiger partial charge in [-0.3, -0.25) is 0 Å². The lowest BCUT2D eigenvalue weighted by molar-refractivity contribution is 0.0532. The van der Waals surface area contributed by atoms with Gasteiger partial charge >= 0.3 is 5.97 Å². The SMILES string of the molecule is CCOC(=O)c1sc(C2=CCC(C)(C)CC2)nc1-c1ccccc1C. The summed E-state index contributed by atoms with van der Waals surface area (Å²) < 4.78 is 5.28. The maximum atomic E-state index is 12.5. The first-order valence-corrected chi connectivity index (χ1v) is 9.66. The number of carbonyl (C=O) groups is 1. The van der Waals surface area contributed by atoms with Crippen LogP contribution in [0.4, 0.5) is 0 Å². The van der Waals surface area contributed by atoms with Crippen LogP contribution in [0.25, 0.3) is 16.8 Å². The van der Waals surface area contributed by atoms with Gasteiger partial charge in [0.05, 0.1) is 12.3 Å². The fraction of sp³-hybridized carbons (Fsp3) is 0.429. The van der Waals surface area contributed by atoms with E-state index >= 15 is 0 Å². The number of benzene rings is 1. The van der Waals surface area contributed by atoms with Crippen LogP contribution in [0.3, 0.4) is 0 Å². The number of hydrogen-bond donors (Lipinski definition) is 0. The van der Waals surface area contributed by atoms with Crippen molar-refractivity contribution in [3.8, 4) is 11.3 Å². The van der Waals surface area contributed by atoms with Gasteiger partial charge in [-0.2, -0.15) is 0 Å². The quantitative estimate of drug-likeness (QED) is 0.642. The summed E-state index contributed by atoms with van der Waals surface area (Å²) in [6, 6.07) is 8.06. The van der Waals surface area contributed by atoms with E-state index in [0.29, 0.717) is 16.9 Å². The number of nitrogens with zero attached hydrogens (tertiary/aromatic N) is 1. The minimum absolute atomic E-state index is 0.277. The zero-order valence-corrected chi connectivity index (χ0v) is 16.2. The summed E-state index contributed by atoms with van der Waals surface area (Å²) in [6.45, 7) is 8.84. The maximum Gasteiger partial charge on any atom is 0.350 e. The molecule has 3 rings (SSSR count). The molecule has 0 amide bonds. The molecule has 1 aromatic carbocycles. The topological polar surface area (TPSA) is 39.2 Å². The predicted molar refractivity (Wildman–Crippen MR) is 104 cm³/mol. The summed E-state index contributed by atoms with van der Waals surface area (Å²) in [5, 5.41) is 0.955. The van der Waals surface area contributed by atoms with E-state index in [4.69, 9.17) is 9.72 Å². The van der Waals surface area contributed by atoms with Crippen molar-refractivity contribution in [2.24, 2.45) is 5.41 Å². The number of hydrogen-bond acceptors (Lipinski definition) is 4. The number of ether oxygens (including phenoxy) is 1. The minimum Gasteiger partial charge on any atom is -0.462 e. The Morgan fingerprint density at radius 1 is 1.32 bits per heavy atom. The standard InChI is InChI=1S/C21H25NO2S/c1-5-24-20(23)18-17(16-9-7-6-8-14(16)2)22-19(25-18)15-10-12-21(3,4)13-11-15/h6-10H,5,11-13H2,1-4H3. The smallest absolute Gasteiger partial charge is 0.350 e. The summed E-state index contributed by atoms with van der Waals surface area (Å²) >= 11 is 1.46. The first-order valence-electron chi connectivity index (χ1n) is 8.84. The molecule has 1 aliphatic rings. The summed E-state index contributed by atoms with van der Waals surface area (Å²) in [5.74, 6) is -0.277. The van der Waals surface area contributed by atoms with Gasteiger partial charge in [0.1, 0.15) is 9.88 Å². The highest BCUT2D eigenvalue weighted by molar-refractivity contribution is 7.15. The van der Waals surface area contributed by atoms with Crippen molar-refractivity contribution in [1.82, 2.24) is 4.98 Å². The molecule has 2 aromatic rings. The molecule has 0 fully saturated rings. The molecule has 0 radical (unpaired) electrons. The molecule has 0 saturated carbocycles. The summed E-state index contributed by atoms with van der Waals surface area (Å²) in [6.07, 6.45) is 5.50. The molecule has 0 atom stereocenters. The number of aryl methyl sites for hydroxylation is 1. The van der Waals surface area contributed by atoms with Crippen molar-refractivity contribution in [3.05, 3.63) is 45.8 Å². The van der Waals surface area contributed by atoms with E-state index in [0.717, 1.165) is 41.1 Å². The lowest BCUT2D eigenvalue weighted by Gasteiger charge is -2.27. The van der Waals surface area contributed by atoms with E-state index in [1.807, 2.05) is 38.1 Å². The average molecular weight is 356 g/mol. The molecule has 0 unspecified atom stereocenters. The Morgan fingerprint density at radius 2 is 2.08 bits per heavy atom. The third-order valence-electron chi connectivity index (χ3n) is 4.74. The van der Waals surface area contributed by atoms with Gasteiger partial charge in [-0.05, 0) is 49.7 Å². The lowest BCUT2D eigenvalue weighted by atomic mass is 9.78. The van der Waals surface area contributed by atoms with Crippen molar-refractivity contribution in [2.45, 2.75) is 47.0 Å². The summed E-state index contributed by atoms with van der Waals surface area (Å²) in [5.41, 5.74) is 4.48. The van der Waals surface area contributed by atoms with Crippen LogP contribution in [-0.4, -0.2) is 17.6 Å². The lowest BCUT2D eigenvalue weighted by Crippen LogP contribution is -2.13. The van der Waals surface area contributed by atoms with Gasteiger partial charge in [-0.1, -0.05) is 44.2 Å². The molecule has 3 nitrogen and oxygen atoms in total. The Balaban J connectivity index is 2.05. The van der Waals surface area contributed by atoms with Crippen LogP contribution in [0, 0.1) is 12.3 Å². The second kappa shape index (κ2) is 7.12. The van der Waals surface area contributed by atoms with Crippen molar-refractivity contribution in [1.29, 1.82) is 0 Å². The monoisotopic (exact) mass is 355 g/mol. The van der Waals surface area contributed by atoms with Crippen molar-refractivity contribution >= 4 is 22.9 Å². The number of esters is 1. The largest absolute Gasteiger partial charge is 0.462 e. The number of carbonyl (C=O) groups excluding carboxylic acids is 1. The van der Waals surface area contributed by atoms with Crippen LogP contribution in [0.2, 0.25) is 0 Å². The molecule has 25 heavy (non-hydrogen) atoms. The number of thiazole rings is 1. The van der Waals surface area contributed by atoms with Gasteiger partial charge in [0, 0.05) is 5.56 Å². The van der Waals surface area contributed by atoms with E-state index in [1.54, 1.807) is 0 Å². The van der Waals surface area contributed by atoms with Crippen LogP contribution in [0.5, 0.6) is 0 Å². The number of allylic oxidation sites excluding steroid dienone is 2. The molecule has 0 spiro atoms. The summed E-state index contributed by atoms with van der Waals surface area (Å²) in [4.78, 5) is 18.0. The van der Waals surface area contributed by atoms with Gasteiger partial charge in [-0.25, -0.2) is 9.78 Å². The normalized spacial score (nSPS) is 16.4. The third-order valence-corrected chi connectivity index (χ3v) is 5.85. The van der Waals surface area contributed by atoms with E-state index < -0.39 is 0 Å². The van der Waals surface area contributed by atoms with Gasteiger partial charge in [-0.15, -0.1) is 11.3 Å². The van der Waals surface area contributed by atoms with E-state index in [2.05, 4.69) is 19.9 Å². The zero-order valence-electron chi connectivity index (χ0n) is 15.4. The van der Waals surface area contributed by atoms with Crippen molar-refractivity contribution in [2.75, 3.05) is 6.61 Å². The van der Waals surface area contributed by atoms with E-state index in [-0.39, 0.29) is 5.97 Å². The molecule has 0 bridgehead atoms.